The van der Waals surface area contributed by atoms with Crippen LogP contribution in [-0.2, 0) is 13.1 Å². The van der Waals surface area contributed by atoms with Gasteiger partial charge in [-0.15, -0.1) is 11.3 Å². The van der Waals surface area contributed by atoms with Gasteiger partial charge >= 0.3 is 0 Å². The number of benzene rings is 1. The molecule has 2 aromatic heterocycles. The van der Waals surface area contributed by atoms with Gasteiger partial charge in [0.25, 0.3) is 5.56 Å². The van der Waals surface area contributed by atoms with Gasteiger partial charge in [0.2, 0.25) is 0 Å². The molecule has 3 nitrogen and oxygen atoms in total. The maximum Gasteiger partial charge on any atom is 0.259 e. The van der Waals surface area contributed by atoms with E-state index in [1.165, 1.54) is 5.56 Å². The van der Waals surface area contributed by atoms with E-state index >= 15 is 0 Å². The third-order valence-corrected chi connectivity index (χ3v) is 4.18. The number of hydrogen-bond donors (Lipinski definition) is 1. The average Bonchev–Trinajstić information content (AvgIpc) is 2.96. The SMILES string of the molecule is O=c1c2ccsc2ccn1CCNCc1ccccc1. The Hall–Kier alpha value is -1.91. The fraction of sp³-hybridized carbons (Fsp3) is 0.188. The van der Waals surface area contributed by atoms with E-state index in [4.69, 9.17) is 0 Å². The van der Waals surface area contributed by atoms with Crippen molar-refractivity contribution in [2.24, 2.45) is 0 Å². The number of hydrogen-bond acceptors (Lipinski definition) is 3. The lowest BCUT2D eigenvalue weighted by Gasteiger charge is -2.07. The van der Waals surface area contributed by atoms with E-state index in [-0.39, 0.29) is 5.56 Å². The van der Waals surface area contributed by atoms with Crippen molar-refractivity contribution in [3.63, 3.8) is 0 Å². The highest BCUT2D eigenvalue weighted by molar-refractivity contribution is 7.17. The van der Waals surface area contributed by atoms with Gasteiger partial charge in [0, 0.05) is 30.5 Å². The minimum absolute atomic E-state index is 0.102. The van der Waals surface area contributed by atoms with Gasteiger partial charge in [-0.25, -0.2) is 0 Å². The number of nitrogens with zero attached hydrogens (tertiary/aromatic N) is 1. The van der Waals surface area contributed by atoms with Gasteiger partial charge in [-0.05, 0) is 23.1 Å². The molecule has 0 radical (unpaired) electrons. The van der Waals surface area contributed by atoms with Crippen LogP contribution in [0.2, 0.25) is 0 Å². The van der Waals surface area contributed by atoms with E-state index in [2.05, 4.69) is 17.4 Å². The van der Waals surface area contributed by atoms with E-state index in [9.17, 15) is 4.79 Å². The zero-order valence-corrected chi connectivity index (χ0v) is 11.9. The Morgan fingerprint density at radius 2 is 1.95 bits per heavy atom. The molecule has 3 aromatic rings. The first-order valence-electron chi connectivity index (χ1n) is 6.66. The van der Waals surface area contributed by atoms with E-state index in [0.717, 1.165) is 23.2 Å². The second kappa shape index (κ2) is 6.03. The molecule has 1 aromatic carbocycles. The summed E-state index contributed by atoms with van der Waals surface area (Å²) in [6.45, 7) is 2.30. The predicted octanol–water partition coefficient (Wildman–Crippen LogP) is 2.85. The van der Waals surface area contributed by atoms with Gasteiger partial charge < -0.3 is 9.88 Å². The van der Waals surface area contributed by atoms with E-state index < -0.39 is 0 Å². The Morgan fingerprint density at radius 1 is 1.10 bits per heavy atom. The summed E-state index contributed by atoms with van der Waals surface area (Å²) >= 11 is 1.61. The summed E-state index contributed by atoms with van der Waals surface area (Å²) in [5.74, 6) is 0. The van der Waals surface area contributed by atoms with Crippen LogP contribution in [-0.4, -0.2) is 11.1 Å². The number of thiophene rings is 1. The molecule has 0 amide bonds. The van der Waals surface area contributed by atoms with Crippen LogP contribution in [0.25, 0.3) is 10.1 Å². The van der Waals surface area contributed by atoms with E-state index in [0.29, 0.717) is 6.54 Å². The van der Waals surface area contributed by atoms with Crippen molar-refractivity contribution < 1.29 is 0 Å². The smallest absolute Gasteiger partial charge is 0.259 e. The van der Waals surface area contributed by atoms with Crippen molar-refractivity contribution in [1.82, 2.24) is 9.88 Å². The fourth-order valence-corrected chi connectivity index (χ4v) is 2.98. The highest BCUT2D eigenvalue weighted by Crippen LogP contribution is 2.15. The highest BCUT2D eigenvalue weighted by atomic mass is 32.1. The quantitative estimate of drug-likeness (QED) is 0.731. The van der Waals surface area contributed by atoms with Crippen molar-refractivity contribution in [2.45, 2.75) is 13.1 Å². The number of rotatable bonds is 5. The van der Waals surface area contributed by atoms with Crippen molar-refractivity contribution in [1.29, 1.82) is 0 Å². The Morgan fingerprint density at radius 3 is 2.80 bits per heavy atom. The molecule has 3 rings (SSSR count). The fourth-order valence-electron chi connectivity index (χ4n) is 2.21. The molecule has 0 saturated heterocycles. The molecule has 2 heterocycles. The molecule has 0 atom stereocenters. The third kappa shape index (κ3) is 2.81. The Balaban J connectivity index is 1.60. The minimum atomic E-state index is 0.102. The first kappa shape index (κ1) is 13.1. The summed E-state index contributed by atoms with van der Waals surface area (Å²) in [4.78, 5) is 12.2. The van der Waals surface area contributed by atoms with Crippen LogP contribution in [0.5, 0.6) is 0 Å². The molecule has 0 bridgehead atoms. The standard InChI is InChI=1S/C16H16N2OS/c19-16-14-7-11-20-15(14)6-9-18(16)10-8-17-12-13-4-2-1-3-5-13/h1-7,9,11,17H,8,10,12H2. The summed E-state index contributed by atoms with van der Waals surface area (Å²) < 4.78 is 2.83. The number of aromatic nitrogens is 1. The number of fused-ring (bicyclic) bond motifs is 1. The first-order valence-corrected chi connectivity index (χ1v) is 7.54. The van der Waals surface area contributed by atoms with Gasteiger partial charge in [-0.3, -0.25) is 4.79 Å². The van der Waals surface area contributed by atoms with Crippen LogP contribution in [0.15, 0.2) is 58.8 Å². The Kier molecular flexibility index (Phi) is 3.95. The highest BCUT2D eigenvalue weighted by Gasteiger charge is 2.02. The molecule has 0 aliphatic heterocycles. The van der Waals surface area contributed by atoms with Gasteiger partial charge in [-0.1, -0.05) is 30.3 Å². The molecule has 0 saturated carbocycles. The summed E-state index contributed by atoms with van der Waals surface area (Å²) in [7, 11) is 0. The van der Waals surface area contributed by atoms with Crippen LogP contribution >= 0.6 is 11.3 Å². The zero-order chi connectivity index (χ0) is 13.8. The largest absolute Gasteiger partial charge is 0.314 e. The van der Waals surface area contributed by atoms with Crippen LogP contribution in [0, 0.1) is 0 Å². The van der Waals surface area contributed by atoms with Crippen molar-refractivity contribution in [3.05, 3.63) is 70.0 Å². The maximum absolute atomic E-state index is 12.2. The molecule has 0 aliphatic rings. The predicted molar refractivity (Wildman–Crippen MR) is 84.2 cm³/mol. The molecule has 102 valence electrons. The first-order chi connectivity index (χ1) is 9.84. The summed E-state index contributed by atoms with van der Waals surface area (Å²) in [6.07, 6.45) is 1.88. The molecule has 0 unspecified atom stereocenters. The van der Waals surface area contributed by atoms with Crippen LogP contribution in [0.4, 0.5) is 0 Å². The topological polar surface area (TPSA) is 34.0 Å². The van der Waals surface area contributed by atoms with Gasteiger partial charge in [0.05, 0.1) is 5.39 Å². The average molecular weight is 284 g/mol. The van der Waals surface area contributed by atoms with Crippen molar-refractivity contribution >= 4 is 21.4 Å². The molecule has 20 heavy (non-hydrogen) atoms. The monoisotopic (exact) mass is 284 g/mol. The second-order valence-electron chi connectivity index (χ2n) is 4.68. The van der Waals surface area contributed by atoms with Gasteiger partial charge in [0.15, 0.2) is 0 Å². The lowest BCUT2D eigenvalue weighted by Crippen LogP contribution is -2.26. The summed E-state index contributed by atoms with van der Waals surface area (Å²) in [5, 5.41) is 6.14. The van der Waals surface area contributed by atoms with E-state index in [1.807, 2.05) is 41.9 Å². The number of nitrogens with one attached hydrogen (secondary N) is 1. The zero-order valence-electron chi connectivity index (χ0n) is 11.1. The van der Waals surface area contributed by atoms with Crippen molar-refractivity contribution in [2.75, 3.05) is 6.54 Å². The molecule has 1 N–H and O–H groups in total. The molecule has 4 heteroatoms. The molecule has 0 aliphatic carbocycles. The van der Waals surface area contributed by atoms with Gasteiger partial charge in [0.1, 0.15) is 0 Å². The molecule has 0 spiro atoms. The molecular formula is C16H16N2OS. The molecule has 0 fully saturated rings. The van der Waals surface area contributed by atoms with Crippen LogP contribution in [0.3, 0.4) is 0 Å². The normalized spacial score (nSPS) is 11.0. The summed E-state index contributed by atoms with van der Waals surface area (Å²) in [5.41, 5.74) is 1.36. The second-order valence-corrected chi connectivity index (χ2v) is 5.62. The van der Waals surface area contributed by atoms with E-state index in [1.54, 1.807) is 15.9 Å². The minimum Gasteiger partial charge on any atom is -0.314 e. The lowest BCUT2D eigenvalue weighted by molar-refractivity contribution is 0.588. The Labute approximate surface area is 121 Å². The summed E-state index contributed by atoms with van der Waals surface area (Å²) in [6, 6.07) is 14.2. The maximum atomic E-state index is 12.2. The third-order valence-electron chi connectivity index (χ3n) is 3.29. The number of pyridine rings is 1. The van der Waals surface area contributed by atoms with Gasteiger partial charge in [-0.2, -0.15) is 0 Å². The molecular weight excluding hydrogens is 268 g/mol. The lowest BCUT2D eigenvalue weighted by atomic mass is 10.2. The Bertz CT molecular complexity index is 746. The van der Waals surface area contributed by atoms with Crippen LogP contribution < -0.4 is 10.9 Å². The van der Waals surface area contributed by atoms with Crippen molar-refractivity contribution in [3.8, 4) is 0 Å². The van der Waals surface area contributed by atoms with Crippen LogP contribution in [0.1, 0.15) is 5.56 Å².